The first-order chi connectivity index (χ1) is 7.79. The Morgan fingerprint density at radius 3 is 2.69 bits per heavy atom. The molecule has 1 rings (SSSR count). The van der Waals surface area contributed by atoms with Crippen molar-refractivity contribution >= 4 is 10.8 Å². The summed E-state index contributed by atoms with van der Waals surface area (Å²) < 4.78 is 12.2. The predicted octanol–water partition coefficient (Wildman–Crippen LogP) is 3.40. The van der Waals surface area contributed by atoms with Gasteiger partial charge in [-0.15, -0.1) is 0 Å². The second-order valence-electron chi connectivity index (χ2n) is 4.70. The van der Waals surface area contributed by atoms with Crippen LogP contribution in [0.3, 0.4) is 0 Å². The molecule has 1 aliphatic carbocycles. The van der Waals surface area contributed by atoms with Gasteiger partial charge in [0.15, 0.2) is 0 Å². The number of rotatable bonds is 5. The van der Waals surface area contributed by atoms with Crippen molar-refractivity contribution in [3.8, 4) is 6.07 Å². The van der Waals surface area contributed by atoms with E-state index in [0.717, 1.165) is 44.3 Å². The number of nitrogens with zero attached hydrogens (tertiary/aromatic N) is 1. The van der Waals surface area contributed by atoms with E-state index in [-0.39, 0.29) is 11.2 Å². The lowest BCUT2D eigenvalue weighted by atomic mass is 10.0. The van der Waals surface area contributed by atoms with Gasteiger partial charge in [-0.05, 0) is 19.3 Å². The minimum Gasteiger partial charge on any atom is -0.259 e. The van der Waals surface area contributed by atoms with Crippen molar-refractivity contribution in [1.29, 1.82) is 5.26 Å². The Bertz CT molecular complexity index is 259. The van der Waals surface area contributed by atoms with Crippen molar-refractivity contribution in [2.45, 2.75) is 63.5 Å². The maximum atomic E-state index is 12.2. The molecule has 0 amide bonds. The van der Waals surface area contributed by atoms with Crippen molar-refractivity contribution < 1.29 is 4.21 Å². The average molecular weight is 241 g/mol. The van der Waals surface area contributed by atoms with Crippen LogP contribution in [0.5, 0.6) is 0 Å². The molecule has 0 spiro atoms. The van der Waals surface area contributed by atoms with Crippen LogP contribution in [-0.4, -0.2) is 15.2 Å². The Morgan fingerprint density at radius 2 is 2.00 bits per heavy atom. The first-order valence-electron chi connectivity index (χ1n) is 6.56. The minimum atomic E-state index is -0.772. The average Bonchev–Trinajstić information content (AvgIpc) is 2.54. The molecule has 0 aromatic carbocycles. The second-order valence-corrected chi connectivity index (χ2v) is 6.48. The molecule has 92 valence electrons. The Morgan fingerprint density at radius 1 is 1.25 bits per heavy atom. The van der Waals surface area contributed by atoms with Gasteiger partial charge in [-0.3, -0.25) is 4.21 Å². The van der Waals surface area contributed by atoms with Gasteiger partial charge in [0.1, 0.15) is 0 Å². The molecule has 16 heavy (non-hydrogen) atoms. The molecule has 1 fully saturated rings. The van der Waals surface area contributed by atoms with E-state index in [1.165, 1.54) is 12.8 Å². The van der Waals surface area contributed by atoms with Crippen LogP contribution < -0.4 is 0 Å². The van der Waals surface area contributed by atoms with Gasteiger partial charge in [0.05, 0.1) is 17.2 Å². The first kappa shape index (κ1) is 13.7. The topological polar surface area (TPSA) is 40.9 Å². The minimum absolute atomic E-state index is 0.0463. The largest absolute Gasteiger partial charge is 0.259 e. The normalized spacial score (nSPS) is 28.0. The van der Waals surface area contributed by atoms with Gasteiger partial charge in [-0.2, -0.15) is 5.26 Å². The van der Waals surface area contributed by atoms with E-state index in [0.29, 0.717) is 0 Å². The van der Waals surface area contributed by atoms with E-state index in [1.807, 2.05) is 0 Å². The summed E-state index contributed by atoms with van der Waals surface area (Å²) in [6.45, 7) is 2.16. The zero-order valence-electron chi connectivity index (χ0n) is 10.3. The summed E-state index contributed by atoms with van der Waals surface area (Å²) in [6, 6.07) is 2.37. The lowest BCUT2D eigenvalue weighted by Crippen LogP contribution is -2.25. The molecule has 0 aliphatic heterocycles. The van der Waals surface area contributed by atoms with Gasteiger partial charge in [-0.25, -0.2) is 0 Å². The molecule has 0 bridgehead atoms. The maximum absolute atomic E-state index is 12.2. The molecule has 0 aromatic heterocycles. The fraction of sp³-hybridized carbons (Fsp3) is 0.923. The SMILES string of the molecule is CCCCCS(=O)C1CCCCCC1C#N. The van der Waals surface area contributed by atoms with E-state index >= 15 is 0 Å². The molecular weight excluding hydrogens is 218 g/mol. The van der Waals surface area contributed by atoms with Crippen LogP contribution in [0.15, 0.2) is 0 Å². The zero-order valence-corrected chi connectivity index (χ0v) is 11.1. The summed E-state index contributed by atoms with van der Waals surface area (Å²) >= 11 is 0. The standard InChI is InChI=1S/C13H23NOS/c1-2-3-7-10-16(15)13-9-6-4-5-8-12(13)11-14/h12-13H,2-10H2,1H3. The van der Waals surface area contributed by atoms with Crippen LogP contribution in [0.2, 0.25) is 0 Å². The highest BCUT2D eigenvalue weighted by Crippen LogP contribution is 2.27. The van der Waals surface area contributed by atoms with Crippen LogP contribution in [0.1, 0.15) is 58.3 Å². The summed E-state index contributed by atoms with van der Waals surface area (Å²) in [4.78, 5) is 0. The van der Waals surface area contributed by atoms with Crippen LogP contribution in [0.25, 0.3) is 0 Å². The van der Waals surface area contributed by atoms with E-state index < -0.39 is 10.8 Å². The fourth-order valence-corrected chi connectivity index (χ4v) is 4.17. The van der Waals surface area contributed by atoms with Gasteiger partial charge in [0.25, 0.3) is 0 Å². The van der Waals surface area contributed by atoms with Gasteiger partial charge in [0, 0.05) is 16.6 Å². The number of nitriles is 1. The molecule has 0 heterocycles. The highest BCUT2D eigenvalue weighted by Gasteiger charge is 2.27. The molecule has 0 N–H and O–H groups in total. The molecule has 2 nitrogen and oxygen atoms in total. The Hall–Kier alpha value is -0.360. The van der Waals surface area contributed by atoms with E-state index in [9.17, 15) is 4.21 Å². The molecule has 0 aromatic rings. The number of hydrogen-bond acceptors (Lipinski definition) is 2. The molecule has 1 saturated carbocycles. The fourth-order valence-electron chi connectivity index (χ4n) is 2.38. The Labute approximate surface area is 102 Å². The van der Waals surface area contributed by atoms with Crippen molar-refractivity contribution in [3.63, 3.8) is 0 Å². The molecule has 1 aliphatic rings. The predicted molar refractivity (Wildman–Crippen MR) is 68.5 cm³/mol. The van der Waals surface area contributed by atoms with Gasteiger partial charge >= 0.3 is 0 Å². The van der Waals surface area contributed by atoms with Gasteiger partial charge < -0.3 is 0 Å². The quantitative estimate of drug-likeness (QED) is 0.547. The smallest absolute Gasteiger partial charge is 0.0668 e. The zero-order chi connectivity index (χ0) is 11.8. The van der Waals surface area contributed by atoms with Crippen molar-refractivity contribution in [3.05, 3.63) is 0 Å². The lowest BCUT2D eigenvalue weighted by Gasteiger charge is -2.18. The van der Waals surface area contributed by atoms with Crippen LogP contribution in [0.4, 0.5) is 0 Å². The van der Waals surface area contributed by atoms with E-state index in [1.54, 1.807) is 0 Å². The molecule has 0 radical (unpaired) electrons. The van der Waals surface area contributed by atoms with Crippen molar-refractivity contribution in [1.82, 2.24) is 0 Å². The lowest BCUT2D eigenvalue weighted by molar-refractivity contribution is 0.562. The molecule has 3 atom stereocenters. The Kier molecular flexibility index (Phi) is 6.71. The highest BCUT2D eigenvalue weighted by atomic mass is 32.2. The monoisotopic (exact) mass is 241 g/mol. The maximum Gasteiger partial charge on any atom is 0.0668 e. The van der Waals surface area contributed by atoms with Crippen molar-refractivity contribution in [2.24, 2.45) is 5.92 Å². The summed E-state index contributed by atoms with van der Waals surface area (Å²) in [5.74, 6) is 0.849. The third kappa shape index (κ3) is 4.25. The van der Waals surface area contributed by atoms with Gasteiger partial charge in [0.2, 0.25) is 0 Å². The molecular formula is C13H23NOS. The first-order valence-corrected chi connectivity index (χ1v) is 7.94. The summed E-state index contributed by atoms with van der Waals surface area (Å²) in [6.07, 6.45) is 8.85. The van der Waals surface area contributed by atoms with Crippen molar-refractivity contribution in [2.75, 3.05) is 5.75 Å². The van der Waals surface area contributed by atoms with Gasteiger partial charge in [-0.1, -0.05) is 39.0 Å². The third-order valence-electron chi connectivity index (χ3n) is 3.41. The summed E-state index contributed by atoms with van der Waals surface area (Å²) in [5, 5.41) is 9.28. The molecule has 3 heteroatoms. The second kappa shape index (κ2) is 7.84. The summed E-state index contributed by atoms with van der Waals surface area (Å²) in [7, 11) is -0.772. The number of unbranched alkanes of at least 4 members (excludes halogenated alkanes) is 2. The van der Waals surface area contributed by atoms with E-state index in [2.05, 4.69) is 13.0 Å². The Balaban J connectivity index is 2.46. The molecule has 0 saturated heterocycles. The number of hydrogen-bond donors (Lipinski definition) is 0. The van der Waals surface area contributed by atoms with Crippen LogP contribution in [0, 0.1) is 17.2 Å². The third-order valence-corrected chi connectivity index (χ3v) is 5.34. The van der Waals surface area contributed by atoms with Crippen LogP contribution >= 0.6 is 0 Å². The van der Waals surface area contributed by atoms with Crippen LogP contribution in [-0.2, 0) is 10.8 Å². The van der Waals surface area contributed by atoms with E-state index in [4.69, 9.17) is 5.26 Å². The summed E-state index contributed by atoms with van der Waals surface area (Å²) in [5.41, 5.74) is 0. The molecule has 3 unspecified atom stereocenters. The highest BCUT2D eigenvalue weighted by molar-refractivity contribution is 7.85.